The van der Waals surface area contributed by atoms with Crippen LogP contribution in [0.5, 0.6) is 0 Å². The van der Waals surface area contributed by atoms with Gasteiger partial charge >= 0.3 is 0 Å². The molecule has 31 heavy (non-hydrogen) atoms. The predicted molar refractivity (Wildman–Crippen MR) is 126 cm³/mol. The van der Waals surface area contributed by atoms with Crippen molar-refractivity contribution >= 4 is 38.2 Å². The third-order valence-electron chi connectivity index (χ3n) is 5.65. The van der Waals surface area contributed by atoms with Gasteiger partial charge in [0.25, 0.3) is 5.56 Å². The summed E-state index contributed by atoms with van der Waals surface area (Å²) in [5.41, 5.74) is 3.28. The molecule has 0 aliphatic heterocycles. The molecule has 0 fully saturated rings. The Labute approximate surface area is 188 Å². The number of ketones is 1. The second kappa shape index (κ2) is 8.08. The van der Waals surface area contributed by atoms with E-state index in [2.05, 4.69) is 15.9 Å². The van der Waals surface area contributed by atoms with Crippen LogP contribution in [0, 0.1) is 0 Å². The average molecular weight is 471 g/mol. The molecule has 1 atom stereocenters. The van der Waals surface area contributed by atoms with Crippen LogP contribution in [0.2, 0.25) is 0 Å². The zero-order valence-electron chi connectivity index (χ0n) is 16.7. The standard InChI is InChI=1S/C26H19BrN2O2/c27-20-10-12-21(13-11-20)29-25(28-24-9-5-4-8-23(24)26(29)31)19-14-18(15-22(30)16-19)17-6-2-1-3-7-17/h1-13,15,19H,14,16H2. The third-order valence-corrected chi connectivity index (χ3v) is 6.17. The highest BCUT2D eigenvalue weighted by atomic mass is 79.9. The molecule has 4 aromatic rings. The number of benzene rings is 3. The summed E-state index contributed by atoms with van der Waals surface area (Å²) in [6, 6.07) is 24.9. The van der Waals surface area contributed by atoms with E-state index >= 15 is 0 Å². The van der Waals surface area contributed by atoms with E-state index in [1.54, 1.807) is 16.7 Å². The number of para-hydroxylation sites is 1. The van der Waals surface area contributed by atoms with E-state index in [9.17, 15) is 9.59 Å². The molecule has 1 unspecified atom stereocenters. The van der Waals surface area contributed by atoms with Gasteiger partial charge in [0.1, 0.15) is 5.82 Å². The van der Waals surface area contributed by atoms with Crippen molar-refractivity contribution in [2.45, 2.75) is 18.8 Å². The summed E-state index contributed by atoms with van der Waals surface area (Å²) in [6.45, 7) is 0. The molecule has 4 nitrogen and oxygen atoms in total. The second-order valence-electron chi connectivity index (χ2n) is 7.71. The predicted octanol–water partition coefficient (Wildman–Crippen LogP) is 5.68. The lowest BCUT2D eigenvalue weighted by molar-refractivity contribution is -0.115. The summed E-state index contributed by atoms with van der Waals surface area (Å²) >= 11 is 3.46. The molecule has 0 spiro atoms. The first-order valence-electron chi connectivity index (χ1n) is 10.2. The zero-order chi connectivity index (χ0) is 21.4. The number of rotatable bonds is 3. The number of hydrogen-bond donors (Lipinski definition) is 0. The first kappa shape index (κ1) is 19.6. The van der Waals surface area contributed by atoms with Gasteiger partial charge in [-0.15, -0.1) is 0 Å². The summed E-state index contributed by atoms with van der Waals surface area (Å²) in [6.07, 6.45) is 2.71. The van der Waals surface area contributed by atoms with E-state index < -0.39 is 0 Å². The Bertz CT molecular complexity index is 1370. The van der Waals surface area contributed by atoms with Crippen molar-refractivity contribution in [2.24, 2.45) is 0 Å². The Hall–Kier alpha value is -3.31. The van der Waals surface area contributed by atoms with Crippen molar-refractivity contribution in [3.8, 4) is 5.69 Å². The Morgan fingerprint density at radius 1 is 0.839 bits per heavy atom. The van der Waals surface area contributed by atoms with Crippen LogP contribution in [0.15, 0.2) is 94.2 Å². The zero-order valence-corrected chi connectivity index (χ0v) is 18.2. The first-order valence-corrected chi connectivity index (χ1v) is 11.0. The van der Waals surface area contributed by atoms with Crippen molar-refractivity contribution in [1.29, 1.82) is 0 Å². The molecule has 3 aromatic carbocycles. The molecule has 0 saturated carbocycles. The molecule has 1 aliphatic carbocycles. The highest BCUT2D eigenvalue weighted by Crippen LogP contribution is 2.36. The number of nitrogens with zero attached hydrogens (tertiary/aromatic N) is 2. The van der Waals surface area contributed by atoms with Crippen LogP contribution in [0.1, 0.15) is 30.1 Å². The normalized spacial score (nSPS) is 16.4. The maximum atomic E-state index is 13.5. The lowest BCUT2D eigenvalue weighted by Crippen LogP contribution is -2.27. The Morgan fingerprint density at radius 2 is 1.55 bits per heavy atom. The van der Waals surface area contributed by atoms with Crippen molar-refractivity contribution in [2.75, 3.05) is 0 Å². The number of fused-ring (bicyclic) bond motifs is 1. The molecular formula is C26H19BrN2O2. The highest BCUT2D eigenvalue weighted by molar-refractivity contribution is 9.10. The molecule has 0 N–H and O–H groups in total. The van der Waals surface area contributed by atoms with E-state index in [1.165, 1.54) is 0 Å². The molecule has 0 saturated heterocycles. The fraction of sp³-hybridized carbons (Fsp3) is 0.115. The molecule has 0 amide bonds. The van der Waals surface area contributed by atoms with Gasteiger partial charge in [-0.05, 0) is 60.0 Å². The number of carbonyl (C=O) groups is 1. The van der Waals surface area contributed by atoms with Crippen molar-refractivity contribution in [3.05, 3.63) is 111 Å². The summed E-state index contributed by atoms with van der Waals surface area (Å²) in [4.78, 5) is 31.1. The van der Waals surface area contributed by atoms with E-state index in [0.29, 0.717) is 29.6 Å². The molecular weight excluding hydrogens is 452 g/mol. The quantitative estimate of drug-likeness (QED) is 0.387. The number of aromatic nitrogens is 2. The average Bonchev–Trinajstić information content (AvgIpc) is 2.80. The molecule has 1 heterocycles. The van der Waals surface area contributed by atoms with Gasteiger partial charge in [-0.25, -0.2) is 4.98 Å². The van der Waals surface area contributed by atoms with Crippen molar-refractivity contribution in [3.63, 3.8) is 0 Å². The van der Waals surface area contributed by atoms with Gasteiger partial charge in [0.05, 0.1) is 16.6 Å². The second-order valence-corrected chi connectivity index (χ2v) is 8.63. The van der Waals surface area contributed by atoms with Gasteiger partial charge in [-0.1, -0.05) is 58.4 Å². The third kappa shape index (κ3) is 3.77. The van der Waals surface area contributed by atoms with Gasteiger partial charge in [0.15, 0.2) is 5.78 Å². The number of carbonyl (C=O) groups excluding carboxylic acids is 1. The summed E-state index contributed by atoms with van der Waals surface area (Å²) in [5.74, 6) is 0.495. The van der Waals surface area contributed by atoms with Crippen LogP contribution in [-0.4, -0.2) is 15.3 Å². The lowest BCUT2D eigenvalue weighted by Gasteiger charge is -2.25. The Balaban J connectivity index is 1.69. The molecule has 1 aliphatic rings. The first-order chi connectivity index (χ1) is 15.1. The largest absolute Gasteiger partial charge is 0.295 e. The van der Waals surface area contributed by atoms with Crippen molar-refractivity contribution in [1.82, 2.24) is 9.55 Å². The summed E-state index contributed by atoms with van der Waals surface area (Å²) < 4.78 is 2.60. The fourth-order valence-corrected chi connectivity index (χ4v) is 4.46. The molecule has 0 bridgehead atoms. The lowest BCUT2D eigenvalue weighted by atomic mass is 9.84. The monoisotopic (exact) mass is 470 g/mol. The van der Waals surface area contributed by atoms with E-state index in [4.69, 9.17) is 4.98 Å². The number of hydrogen-bond acceptors (Lipinski definition) is 3. The van der Waals surface area contributed by atoms with Crippen molar-refractivity contribution < 1.29 is 4.79 Å². The SMILES string of the molecule is O=C1C=C(c2ccccc2)CC(c2nc3ccccc3c(=O)n2-c2ccc(Br)cc2)C1. The van der Waals surface area contributed by atoms with E-state index in [0.717, 1.165) is 21.3 Å². The van der Waals surface area contributed by atoms with Crippen LogP contribution in [0.25, 0.3) is 22.2 Å². The maximum Gasteiger partial charge on any atom is 0.265 e. The van der Waals surface area contributed by atoms with Crippen LogP contribution in [-0.2, 0) is 4.79 Å². The smallest absolute Gasteiger partial charge is 0.265 e. The van der Waals surface area contributed by atoms with Gasteiger partial charge in [0.2, 0.25) is 0 Å². The maximum absolute atomic E-state index is 13.5. The van der Waals surface area contributed by atoms with E-state index in [1.807, 2.05) is 72.8 Å². The number of allylic oxidation sites excluding steroid dienone is 2. The minimum Gasteiger partial charge on any atom is -0.295 e. The molecule has 5 heteroatoms. The fourth-order valence-electron chi connectivity index (χ4n) is 4.19. The molecule has 1 aromatic heterocycles. The minimum absolute atomic E-state index is 0.0554. The van der Waals surface area contributed by atoms with Crippen LogP contribution in [0.4, 0.5) is 0 Å². The van der Waals surface area contributed by atoms with Gasteiger partial charge in [-0.3, -0.25) is 14.2 Å². The van der Waals surface area contributed by atoms with E-state index in [-0.39, 0.29) is 17.3 Å². The molecule has 152 valence electrons. The topological polar surface area (TPSA) is 52.0 Å². The summed E-state index contributed by atoms with van der Waals surface area (Å²) in [5, 5.41) is 0.565. The Morgan fingerprint density at radius 3 is 2.32 bits per heavy atom. The minimum atomic E-state index is -0.186. The number of halogens is 1. The highest BCUT2D eigenvalue weighted by Gasteiger charge is 2.28. The molecule has 5 rings (SSSR count). The van der Waals surface area contributed by atoms with Crippen LogP contribution in [0.3, 0.4) is 0 Å². The summed E-state index contributed by atoms with van der Waals surface area (Å²) in [7, 11) is 0. The van der Waals surface area contributed by atoms with Gasteiger partial charge in [-0.2, -0.15) is 0 Å². The van der Waals surface area contributed by atoms with Gasteiger partial charge in [0, 0.05) is 16.8 Å². The van der Waals surface area contributed by atoms with Crippen LogP contribution < -0.4 is 5.56 Å². The molecule has 0 radical (unpaired) electrons. The van der Waals surface area contributed by atoms with Crippen LogP contribution >= 0.6 is 15.9 Å². The Kier molecular flexibility index (Phi) is 5.12. The van der Waals surface area contributed by atoms with Gasteiger partial charge < -0.3 is 0 Å².